The van der Waals surface area contributed by atoms with Crippen LogP contribution in [0.15, 0.2) is 29.1 Å². The number of benzene rings is 1. The van der Waals surface area contributed by atoms with E-state index in [0.717, 1.165) is 25.9 Å². The number of amides is 2. The number of nitro benzene ring substituents is 1. The van der Waals surface area contributed by atoms with Crippen LogP contribution in [0.1, 0.15) is 37.7 Å². The van der Waals surface area contributed by atoms with E-state index < -0.39 is 28.2 Å². The highest BCUT2D eigenvalue weighted by Crippen LogP contribution is 2.32. The highest BCUT2D eigenvalue weighted by atomic mass is 16.6. The monoisotopic (exact) mass is 426 g/mol. The lowest BCUT2D eigenvalue weighted by Crippen LogP contribution is -2.40. The fourth-order valence-corrected chi connectivity index (χ4v) is 4.07. The first-order valence-corrected chi connectivity index (χ1v) is 10.1. The summed E-state index contributed by atoms with van der Waals surface area (Å²) in [6, 6.07) is 5.68. The summed E-state index contributed by atoms with van der Waals surface area (Å²) < 4.78 is 0. The summed E-state index contributed by atoms with van der Waals surface area (Å²) in [6.45, 7) is 3.59. The maximum absolute atomic E-state index is 12.9. The second kappa shape index (κ2) is 8.17. The molecule has 0 radical (unpaired) electrons. The largest absolute Gasteiger partial charge is 0.342 e. The van der Waals surface area contributed by atoms with Crippen LogP contribution in [0.3, 0.4) is 0 Å². The normalized spacial score (nSPS) is 20.5. The van der Waals surface area contributed by atoms with Gasteiger partial charge in [-0.15, -0.1) is 0 Å². The van der Waals surface area contributed by atoms with E-state index in [4.69, 9.17) is 0 Å². The van der Waals surface area contributed by atoms with Crippen LogP contribution >= 0.6 is 0 Å². The molecule has 2 aliphatic rings. The Kier molecular flexibility index (Phi) is 5.40. The summed E-state index contributed by atoms with van der Waals surface area (Å²) in [4.78, 5) is 57.8. The van der Waals surface area contributed by atoms with E-state index in [9.17, 15) is 24.5 Å². The molecule has 1 fully saturated rings. The molecular formula is C20H22N6O5. The summed E-state index contributed by atoms with van der Waals surface area (Å²) in [6.07, 6.45) is 1.80. The van der Waals surface area contributed by atoms with Crippen LogP contribution in [0.4, 0.5) is 23.1 Å². The lowest BCUT2D eigenvalue weighted by atomic mass is 9.92. The van der Waals surface area contributed by atoms with Gasteiger partial charge in [0.25, 0.3) is 11.2 Å². The number of aromatic nitrogens is 2. The van der Waals surface area contributed by atoms with Crippen LogP contribution in [0.25, 0.3) is 0 Å². The van der Waals surface area contributed by atoms with Crippen LogP contribution in [0, 0.1) is 16.0 Å². The molecule has 31 heavy (non-hydrogen) atoms. The quantitative estimate of drug-likeness (QED) is 0.499. The third-order valence-corrected chi connectivity index (χ3v) is 5.57. The number of carbonyl (C=O) groups excluding carboxylic acids is 2. The van der Waals surface area contributed by atoms with Crippen molar-refractivity contribution in [2.45, 2.75) is 32.1 Å². The van der Waals surface area contributed by atoms with Gasteiger partial charge in [-0.05, 0) is 24.8 Å². The molecule has 2 amide bonds. The molecule has 1 aromatic carbocycles. The minimum absolute atomic E-state index is 0.00616. The van der Waals surface area contributed by atoms with Crippen molar-refractivity contribution < 1.29 is 14.5 Å². The number of aromatic amines is 1. The number of fused-ring (bicyclic) bond motifs is 1. The summed E-state index contributed by atoms with van der Waals surface area (Å²) in [5.41, 5.74) is -0.753. The van der Waals surface area contributed by atoms with Crippen LogP contribution in [-0.2, 0) is 9.59 Å². The van der Waals surface area contributed by atoms with Crippen LogP contribution < -0.4 is 21.1 Å². The Labute approximate surface area is 177 Å². The Hall–Kier alpha value is -3.76. The molecule has 0 bridgehead atoms. The third-order valence-electron chi connectivity index (χ3n) is 5.57. The van der Waals surface area contributed by atoms with E-state index >= 15 is 0 Å². The predicted octanol–water partition coefficient (Wildman–Crippen LogP) is 1.98. The maximum atomic E-state index is 12.9. The molecule has 2 aliphatic heterocycles. The smallest absolute Gasteiger partial charge is 0.292 e. The SMILES string of the molecule is C[C@H]1CCCN(c2nc3c(c(=O)[nH]2)[C@@H](C(=O)Nc2ccccc2[N+](=O)[O-])CC(=O)N3)C1. The van der Waals surface area contributed by atoms with E-state index in [1.54, 1.807) is 6.07 Å². The van der Waals surface area contributed by atoms with Gasteiger partial charge in [-0.25, -0.2) is 0 Å². The lowest BCUT2D eigenvalue weighted by molar-refractivity contribution is -0.383. The highest BCUT2D eigenvalue weighted by molar-refractivity contribution is 6.05. The van der Waals surface area contributed by atoms with Crippen molar-refractivity contribution in [2.24, 2.45) is 5.92 Å². The molecule has 11 nitrogen and oxygen atoms in total. The molecule has 2 aromatic rings. The third kappa shape index (κ3) is 4.11. The van der Waals surface area contributed by atoms with Crippen molar-refractivity contribution in [2.75, 3.05) is 28.6 Å². The number of piperidine rings is 1. The minimum atomic E-state index is -1.12. The Balaban J connectivity index is 1.66. The number of nitrogens with zero attached hydrogens (tertiary/aromatic N) is 3. The van der Waals surface area contributed by atoms with E-state index in [1.807, 2.05) is 4.90 Å². The summed E-state index contributed by atoms with van der Waals surface area (Å²) >= 11 is 0. The number of rotatable bonds is 4. The average molecular weight is 426 g/mol. The standard InChI is InChI=1S/C20H22N6O5/c1-11-5-4-8-25(10-11)20-23-17-16(19(29)24-20)12(9-15(27)22-17)18(28)21-13-6-2-3-7-14(13)26(30)31/h2-3,6-7,11-12H,4-5,8-10H2,1H3,(H,21,28)(H2,22,23,24,27,29)/t11-,12-/m0/s1. The van der Waals surface area contributed by atoms with Crippen molar-refractivity contribution in [3.05, 3.63) is 50.3 Å². The number of H-pyrrole nitrogens is 1. The lowest BCUT2D eigenvalue weighted by Gasteiger charge is -2.32. The van der Waals surface area contributed by atoms with Gasteiger partial charge < -0.3 is 15.5 Å². The molecule has 3 heterocycles. The van der Waals surface area contributed by atoms with Gasteiger partial charge in [0, 0.05) is 25.6 Å². The van der Waals surface area contributed by atoms with Gasteiger partial charge in [0.2, 0.25) is 17.8 Å². The average Bonchev–Trinajstić information content (AvgIpc) is 2.73. The Morgan fingerprint density at radius 3 is 2.84 bits per heavy atom. The van der Waals surface area contributed by atoms with Crippen LogP contribution in [0.5, 0.6) is 0 Å². The highest BCUT2D eigenvalue weighted by Gasteiger charge is 2.36. The molecule has 162 valence electrons. The number of hydrogen-bond donors (Lipinski definition) is 3. The van der Waals surface area contributed by atoms with Crippen molar-refractivity contribution in [3.8, 4) is 0 Å². The van der Waals surface area contributed by atoms with Gasteiger partial charge in [0.15, 0.2) is 0 Å². The minimum Gasteiger partial charge on any atom is -0.342 e. The topological polar surface area (TPSA) is 150 Å². The van der Waals surface area contributed by atoms with E-state index in [0.29, 0.717) is 11.9 Å². The second-order valence-electron chi connectivity index (χ2n) is 7.91. The molecule has 0 spiro atoms. The first-order chi connectivity index (χ1) is 14.8. The molecule has 1 aromatic heterocycles. The van der Waals surface area contributed by atoms with Crippen molar-refractivity contribution >= 4 is 35.0 Å². The van der Waals surface area contributed by atoms with Gasteiger partial charge in [0.1, 0.15) is 11.5 Å². The maximum Gasteiger partial charge on any atom is 0.292 e. The van der Waals surface area contributed by atoms with Gasteiger partial charge in [-0.2, -0.15) is 4.98 Å². The predicted molar refractivity (Wildman–Crippen MR) is 113 cm³/mol. The van der Waals surface area contributed by atoms with Gasteiger partial charge in [0.05, 0.1) is 16.4 Å². The van der Waals surface area contributed by atoms with Gasteiger partial charge >= 0.3 is 0 Å². The summed E-state index contributed by atoms with van der Waals surface area (Å²) in [7, 11) is 0. The second-order valence-corrected chi connectivity index (χ2v) is 7.91. The zero-order valence-electron chi connectivity index (χ0n) is 16.9. The number of hydrogen-bond acceptors (Lipinski definition) is 7. The van der Waals surface area contributed by atoms with Gasteiger partial charge in [-0.1, -0.05) is 19.1 Å². The van der Waals surface area contributed by atoms with Crippen molar-refractivity contribution in [3.63, 3.8) is 0 Å². The number of nitro groups is 1. The number of nitrogens with one attached hydrogen (secondary N) is 3. The summed E-state index contributed by atoms with van der Waals surface area (Å²) in [5.74, 6) is -1.39. The number of anilines is 3. The number of para-hydroxylation sites is 2. The van der Waals surface area contributed by atoms with Crippen LogP contribution in [-0.4, -0.2) is 39.8 Å². The van der Waals surface area contributed by atoms with Gasteiger partial charge in [-0.3, -0.25) is 29.5 Å². The van der Waals surface area contributed by atoms with E-state index in [-0.39, 0.29) is 29.2 Å². The van der Waals surface area contributed by atoms with E-state index in [1.165, 1.54) is 18.2 Å². The molecule has 0 aliphatic carbocycles. The molecule has 2 atom stereocenters. The first-order valence-electron chi connectivity index (χ1n) is 10.1. The molecule has 0 unspecified atom stereocenters. The Morgan fingerprint density at radius 2 is 2.10 bits per heavy atom. The molecule has 1 saturated heterocycles. The Morgan fingerprint density at radius 1 is 1.32 bits per heavy atom. The molecule has 3 N–H and O–H groups in total. The van der Waals surface area contributed by atoms with Crippen molar-refractivity contribution in [1.82, 2.24) is 9.97 Å². The molecule has 11 heteroatoms. The zero-order chi connectivity index (χ0) is 22.1. The van der Waals surface area contributed by atoms with Crippen molar-refractivity contribution in [1.29, 1.82) is 0 Å². The first kappa shape index (κ1) is 20.5. The fraction of sp³-hybridized carbons (Fsp3) is 0.400. The zero-order valence-corrected chi connectivity index (χ0v) is 16.9. The van der Waals surface area contributed by atoms with Crippen LogP contribution in [0.2, 0.25) is 0 Å². The molecule has 4 rings (SSSR count). The Bertz CT molecular complexity index is 1110. The fourth-order valence-electron chi connectivity index (χ4n) is 4.07. The summed E-state index contributed by atoms with van der Waals surface area (Å²) in [5, 5.41) is 16.3. The van der Waals surface area contributed by atoms with E-state index in [2.05, 4.69) is 27.5 Å². The molecular weight excluding hydrogens is 404 g/mol. The molecule has 0 saturated carbocycles. The number of carbonyl (C=O) groups is 2.